The molecule has 0 bridgehead atoms. The molecule has 0 aromatic heterocycles. The molecule has 2 aromatic carbocycles. The number of ether oxygens (including phenoxy) is 2. The van der Waals surface area contributed by atoms with E-state index in [-0.39, 0.29) is 11.8 Å². The third-order valence-corrected chi connectivity index (χ3v) is 4.76. The lowest BCUT2D eigenvalue weighted by molar-refractivity contribution is -0.114. The number of benzene rings is 2. The van der Waals surface area contributed by atoms with Crippen LogP contribution in [-0.2, 0) is 4.79 Å². The highest BCUT2D eigenvalue weighted by molar-refractivity contribution is 6.00. The molecule has 2 aromatic rings. The molecule has 1 fully saturated rings. The Morgan fingerprint density at radius 2 is 1.46 bits per heavy atom. The van der Waals surface area contributed by atoms with Crippen LogP contribution in [0.25, 0.3) is 0 Å². The van der Waals surface area contributed by atoms with Crippen LogP contribution in [-0.4, -0.2) is 57.1 Å². The van der Waals surface area contributed by atoms with Gasteiger partial charge in [0.15, 0.2) is 0 Å². The predicted molar refractivity (Wildman–Crippen MR) is 108 cm³/mol. The van der Waals surface area contributed by atoms with Gasteiger partial charge in [0.2, 0.25) is 5.91 Å². The average Bonchev–Trinajstić information content (AvgIpc) is 2.73. The molecule has 1 aliphatic heterocycles. The molecule has 7 nitrogen and oxygen atoms in total. The van der Waals surface area contributed by atoms with Gasteiger partial charge >= 0.3 is 0 Å². The Kier molecular flexibility index (Phi) is 6.03. The molecular formula is C21H25N3O4. The Labute approximate surface area is 164 Å². The van der Waals surface area contributed by atoms with Gasteiger partial charge in [-0.2, -0.15) is 0 Å². The van der Waals surface area contributed by atoms with Crippen molar-refractivity contribution in [3.8, 4) is 11.5 Å². The zero-order valence-corrected chi connectivity index (χ0v) is 16.4. The van der Waals surface area contributed by atoms with Gasteiger partial charge in [-0.3, -0.25) is 9.59 Å². The van der Waals surface area contributed by atoms with E-state index in [0.717, 1.165) is 24.5 Å². The van der Waals surface area contributed by atoms with Gasteiger partial charge in [-0.1, -0.05) is 6.07 Å². The number of anilines is 2. The summed E-state index contributed by atoms with van der Waals surface area (Å²) >= 11 is 0. The first kappa shape index (κ1) is 19.5. The van der Waals surface area contributed by atoms with E-state index < -0.39 is 0 Å². The van der Waals surface area contributed by atoms with Crippen LogP contribution in [0.4, 0.5) is 11.4 Å². The number of methoxy groups -OCH3 is 2. The molecule has 1 N–H and O–H groups in total. The summed E-state index contributed by atoms with van der Waals surface area (Å²) in [6.45, 7) is 4.15. The summed E-state index contributed by atoms with van der Waals surface area (Å²) < 4.78 is 10.7. The molecule has 1 heterocycles. The van der Waals surface area contributed by atoms with Gasteiger partial charge in [0, 0.05) is 44.5 Å². The Balaban J connectivity index is 1.67. The lowest BCUT2D eigenvalue weighted by Gasteiger charge is -2.36. The second-order valence-corrected chi connectivity index (χ2v) is 6.54. The normalized spacial score (nSPS) is 13.8. The van der Waals surface area contributed by atoms with Crippen LogP contribution in [0.5, 0.6) is 11.5 Å². The van der Waals surface area contributed by atoms with E-state index in [4.69, 9.17) is 9.47 Å². The van der Waals surface area contributed by atoms with Crippen molar-refractivity contribution in [3.63, 3.8) is 0 Å². The first-order valence-electron chi connectivity index (χ1n) is 9.16. The van der Waals surface area contributed by atoms with Crippen molar-refractivity contribution in [2.24, 2.45) is 0 Å². The maximum atomic E-state index is 13.1. The van der Waals surface area contributed by atoms with Crippen molar-refractivity contribution in [3.05, 3.63) is 48.0 Å². The molecule has 0 spiro atoms. The predicted octanol–water partition coefficient (Wildman–Crippen LogP) is 2.62. The smallest absolute Gasteiger partial charge is 0.261 e. The van der Waals surface area contributed by atoms with E-state index in [1.165, 1.54) is 6.92 Å². The summed E-state index contributed by atoms with van der Waals surface area (Å²) in [5.74, 6) is 0.849. The quantitative estimate of drug-likeness (QED) is 0.859. The van der Waals surface area contributed by atoms with E-state index >= 15 is 0 Å². The standard InChI is InChI=1S/C21H25N3O4/c1-15(25)22-16-7-9-17(10-8-16)23-11-13-24(14-12-23)21(26)20-18(27-2)5-4-6-19(20)28-3/h4-10H,11-14H2,1-3H3,(H,22,25). The number of piperazine rings is 1. The molecule has 148 valence electrons. The summed E-state index contributed by atoms with van der Waals surface area (Å²) in [7, 11) is 3.10. The first-order chi connectivity index (χ1) is 13.5. The van der Waals surface area contributed by atoms with Gasteiger partial charge in [0.1, 0.15) is 17.1 Å². The van der Waals surface area contributed by atoms with Crippen LogP contribution < -0.4 is 19.7 Å². The summed E-state index contributed by atoms with van der Waals surface area (Å²) in [5, 5.41) is 2.76. The number of carbonyl (C=O) groups is 2. The topological polar surface area (TPSA) is 71.1 Å². The largest absolute Gasteiger partial charge is 0.496 e. The van der Waals surface area contributed by atoms with Crippen LogP contribution in [0.1, 0.15) is 17.3 Å². The maximum absolute atomic E-state index is 13.1. The lowest BCUT2D eigenvalue weighted by atomic mass is 10.1. The summed E-state index contributed by atoms with van der Waals surface area (Å²) in [6, 6.07) is 13.1. The fraction of sp³-hybridized carbons (Fsp3) is 0.333. The van der Waals surface area contributed by atoms with Gasteiger partial charge in [-0.15, -0.1) is 0 Å². The summed E-state index contributed by atoms with van der Waals surface area (Å²) in [4.78, 5) is 28.2. The Morgan fingerprint density at radius 1 is 0.893 bits per heavy atom. The Hall–Kier alpha value is -3.22. The van der Waals surface area contributed by atoms with Gasteiger partial charge in [0.05, 0.1) is 14.2 Å². The third-order valence-electron chi connectivity index (χ3n) is 4.76. The molecule has 0 radical (unpaired) electrons. The molecule has 1 saturated heterocycles. The van der Waals surface area contributed by atoms with Crippen molar-refractivity contribution < 1.29 is 19.1 Å². The molecule has 0 saturated carbocycles. The van der Waals surface area contributed by atoms with E-state index in [0.29, 0.717) is 30.2 Å². The van der Waals surface area contributed by atoms with Crippen LogP contribution >= 0.6 is 0 Å². The molecule has 0 unspecified atom stereocenters. The van der Waals surface area contributed by atoms with Crippen molar-refractivity contribution in [2.75, 3.05) is 50.6 Å². The van der Waals surface area contributed by atoms with Gasteiger partial charge < -0.3 is 24.6 Å². The Bertz CT molecular complexity index is 821. The minimum absolute atomic E-state index is 0.0880. The van der Waals surface area contributed by atoms with E-state index in [1.807, 2.05) is 29.2 Å². The molecule has 28 heavy (non-hydrogen) atoms. The highest BCUT2D eigenvalue weighted by atomic mass is 16.5. The van der Waals surface area contributed by atoms with Crippen LogP contribution in [0, 0.1) is 0 Å². The van der Waals surface area contributed by atoms with Crippen LogP contribution in [0.15, 0.2) is 42.5 Å². The number of nitrogens with one attached hydrogen (secondary N) is 1. The molecule has 2 amide bonds. The molecular weight excluding hydrogens is 358 g/mol. The maximum Gasteiger partial charge on any atom is 0.261 e. The highest BCUT2D eigenvalue weighted by Gasteiger charge is 2.27. The fourth-order valence-corrected chi connectivity index (χ4v) is 3.35. The van der Waals surface area contributed by atoms with Crippen molar-refractivity contribution >= 4 is 23.2 Å². The van der Waals surface area contributed by atoms with Gasteiger partial charge in [-0.05, 0) is 36.4 Å². The summed E-state index contributed by atoms with van der Waals surface area (Å²) in [5.41, 5.74) is 2.30. The third kappa shape index (κ3) is 4.19. The number of nitrogens with zero attached hydrogens (tertiary/aromatic N) is 2. The second kappa shape index (κ2) is 8.65. The zero-order chi connectivity index (χ0) is 20.1. The van der Waals surface area contributed by atoms with Gasteiger partial charge in [0.25, 0.3) is 5.91 Å². The number of carbonyl (C=O) groups excluding carboxylic acids is 2. The summed E-state index contributed by atoms with van der Waals surface area (Å²) in [6.07, 6.45) is 0. The molecule has 1 aliphatic rings. The minimum Gasteiger partial charge on any atom is -0.496 e. The first-order valence-corrected chi connectivity index (χ1v) is 9.16. The lowest BCUT2D eigenvalue weighted by Crippen LogP contribution is -2.48. The Morgan fingerprint density at radius 3 is 1.96 bits per heavy atom. The molecule has 0 aliphatic carbocycles. The molecule has 3 rings (SSSR count). The number of rotatable bonds is 5. The zero-order valence-electron chi connectivity index (χ0n) is 16.4. The average molecular weight is 383 g/mol. The molecule has 0 atom stereocenters. The highest BCUT2D eigenvalue weighted by Crippen LogP contribution is 2.30. The number of hydrogen-bond acceptors (Lipinski definition) is 5. The monoisotopic (exact) mass is 383 g/mol. The van der Waals surface area contributed by atoms with Crippen molar-refractivity contribution in [1.82, 2.24) is 4.90 Å². The van der Waals surface area contributed by atoms with Crippen LogP contribution in [0.2, 0.25) is 0 Å². The van der Waals surface area contributed by atoms with E-state index in [2.05, 4.69) is 10.2 Å². The van der Waals surface area contributed by atoms with E-state index in [9.17, 15) is 9.59 Å². The fourth-order valence-electron chi connectivity index (χ4n) is 3.35. The van der Waals surface area contributed by atoms with Crippen molar-refractivity contribution in [1.29, 1.82) is 0 Å². The minimum atomic E-state index is -0.0911. The van der Waals surface area contributed by atoms with Gasteiger partial charge in [-0.25, -0.2) is 0 Å². The SMILES string of the molecule is COc1cccc(OC)c1C(=O)N1CCN(c2ccc(NC(C)=O)cc2)CC1. The second-order valence-electron chi connectivity index (χ2n) is 6.54. The number of hydrogen-bond donors (Lipinski definition) is 1. The van der Waals surface area contributed by atoms with Crippen LogP contribution in [0.3, 0.4) is 0 Å². The van der Waals surface area contributed by atoms with Crippen molar-refractivity contribution in [2.45, 2.75) is 6.92 Å². The number of amides is 2. The van der Waals surface area contributed by atoms with E-state index in [1.54, 1.807) is 32.4 Å². The molecule has 7 heteroatoms.